The predicted octanol–water partition coefficient (Wildman–Crippen LogP) is 1.83. The number of hydrogen-bond donors (Lipinski definition) is 1. The molecular formula is C12H17NO3. The Hall–Kier alpha value is -1.29. The van der Waals surface area contributed by atoms with Crippen LogP contribution in [0.4, 0.5) is 0 Å². The molecule has 1 saturated carbocycles. The van der Waals surface area contributed by atoms with Crippen molar-refractivity contribution in [3.63, 3.8) is 0 Å². The van der Waals surface area contributed by atoms with Gasteiger partial charge in [-0.15, -0.1) is 0 Å². The Morgan fingerprint density at radius 2 is 2.12 bits per heavy atom. The lowest BCUT2D eigenvalue weighted by Crippen LogP contribution is -2.06. The normalized spacial score (nSPS) is 26.6. The number of esters is 1. The number of carbonyl (C=O) groups is 1. The molecule has 1 aliphatic carbocycles. The van der Waals surface area contributed by atoms with E-state index in [0.29, 0.717) is 11.3 Å². The van der Waals surface area contributed by atoms with E-state index in [1.165, 1.54) is 7.11 Å². The van der Waals surface area contributed by atoms with E-state index in [2.05, 4.69) is 18.6 Å². The van der Waals surface area contributed by atoms with E-state index < -0.39 is 0 Å². The van der Waals surface area contributed by atoms with Gasteiger partial charge in [-0.25, -0.2) is 4.79 Å². The standard InChI is InChI=1S/C12H17NO3/c1-6-7(11(14)15-4)5-8(16-6)9-10(13)12(9,2)3/h5,9-10H,13H2,1-4H3/t9-,10-/m1/s1. The molecule has 0 saturated heterocycles. The molecule has 1 aromatic heterocycles. The summed E-state index contributed by atoms with van der Waals surface area (Å²) in [5, 5.41) is 0. The van der Waals surface area contributed by atoms with E-state index in [4.69, 9.17) is 10.2 Å². The number of hydrogen-bond acceptors (Lipinski definition) is 4. The Balaban J connectivity index is 2.30. The molecular weight excluding hydrogens is 206 g/mol. The van der Waals surface area contributed by atoms with E-state index in [9.17, 15) is 4.79 Å². The summed E-state index contributed by atoms with van der Waals surface area (Å²) >= 11 is 0. The maximum Gasteiger partial charge on any atom is 0.341 e. The van der Waals surface area contributed by atoms with Gasteiger partial charge in [0.25, 0.3) is 0 Å². The average Bonchev–Trinajstić information content (AvgIpc) is 2.59. The van der Waals surface area contributed by atoms with Crippen molar-refractivity contribution in [1.29, 1.82) is 0 Å². The first kappa shape index (κ1) is 11.2. The zero-order valence-corrected chi connectivity index (χ0v) is 10.0. The summed E-state index contributed by atoms with van der Waals surface area (Å²) in [5.74, 6) is 1.22. The summed E-state index contributed by atoms with van der Waals surface area (Å²) in [6.07, 6.45) is 0. The van der Waals surface area contributed by atoms with E-state index in [0.717, 1.165) is 5.76 Å². The number of nitrogens with two attached hydrogens (primary N) is 1. The minimum absolute atomic E-state index is 0.0533. The summed E-state index contributed by atoms with van der Waals surface area (Å²) in [7, 11) is 1.36. The number of methoxy groups -OCH3 is 1. The summed E-state index contributed by atoms with van der Waals surface area (Å²) in [5.41, 5.74) is 6.51. The lowest BCUT2D eigenvalue weighted by atomic mass is 10.1. The van der Waals surface area contributed by atoms with Crippen LogP contribution in [0.15, 0.2) is 10.5 Å². The van der Waals surface area contributed by atoms with Crippen molar-refractivity contribution in [1.82, 2.24) is 0 Å². The third kappa shape index (κ3) is 1.45. The monoisotopic (exact) mass is 223 g/mol. The van der Waals surface area contributed by atoms with Crippen LogP contribution < -0.4 is 5.73 Å². The summed E-state index contributed by atoms with van der Waals surface area (Å²) in [6, 6.07) is 1.85. The largest absolute Gasteiger partial charge is 0.465 e. The van der Waals surface area contributed by atoms with Crippen LogP contribution in [0.3, 0.4) is 0 Å². The Labute approximate surface area is 94.8 Å². The van der Waals surface area contributed by atoms with Gasteiger partial charge < -0.3 is 14.9 Å². The molecule has 4 heteroatoms. The first-order chi connectivity index (χ1) is 7.39. The van der Waals surface area contributed by atoms with Crippen LogP contribution in [-0.4, -0.2) is 19.1 Å². The van der Waals surface area contributed by atoms with Crippen LogP contribution in [-0.2, 0) is 4.74 Å². The van der Waals surface area contributed by atoms with Crippen molar-refractivity contribution in [3.05, 3.63) is 23.2 Å². The van der Waals surface area contributed by atoms with E-state index in [1.54, 1.807) is 13.0 Å². The molecule has 0 aromatic carbocycles. The first-order valence-electron chi connectivity index (χ1n) is 5.33. The smallest absolute Gasteiger partial charge is 0.341 e. The summed E-state index contributed by atoms with van der Waals surface area (Å²) < 4.78 is 10.3. The fourth-order valence-corrected chi connectivity index (χ4v) is 2.19. The molecule has 1 fully saturated rings. The number of ether oxygens (including phenoxy) is 1. The van der Waals surface area contributed by atoms with Crippen LogP contribution in [0.1, 0.15) is 41.6 Å². The maximum atomic E-state index is 11.4. The lowest BCUT2D eigenvalue weighted by Gasteiger charge is -1.97. The quantitative estimate of drug-likeness (QED) is 0.777. The first-order valence-corrected chi connectivity index (χ1v) is 5.33. The molecule has 4 nitrogen and oxygen atoms in total. The van der Waals surface area contributed by atoms with Crippen molar-refractivity contribution in [3.8, 4) is 0 Å². The van der Waals surface area contributed by atoms with Gasteiger partial charge in [-0.2, -0.15) is 0 Å². The lowest BCUT2D eigenvalue weighted by molar-refractivity contribution is 0.0599. The van der Waals surface area contributed by atoms with Crippen molar-refractivity contribution in [2.75, 3.05) is 7.11 Å². The SMILES string of the molecule is COC(=O)c1cc([C@@H]2[C@@H](N)C2(C)C)oc1C. The molecule has 16 heavy (non-hydrogen) atoms. The van der Waals surface area contributed by atoms with Crippen molar-refractivity contribution in [2.24, 2.45) is 11.1 Å². The maximum absolute atomic E-state index is 11.4. The molecule has 88 valence electrons. The second-order valence-electron chi connectivity index (χ2n) is 4.94. The highest BCUT2D eigenvalue weighted by Crippen LogP contribution is 2.57. The molecule has 2 rings (SSSR count). The predicted molar refractivity (Wildman–Crippen MR) is 59.3 cm³/mol. The Morgan fingerprint density at radius 1 is 1.56 bits per heavy atom. The Morgan fingerprint density at radius 3 is 2.56 bits per heavy atom. The second-order valence-corrected chi connectivity index (χ2v) is 4.94. The zero-order valence-electron chi connectivity index (χ0n) is 10.0. The minimum atomic E-state index is -0.362. The topological polar surface area (TPSA) is 65.5 Å². The molecule has 2 N–H and O–H groups in total. The molecule has 1 aromatic rings. The van der Waals surface area contributed by atoms with Gasteiger partial charge in [0, 0.05) is 12.0 Å². The number of aryl methyl sites for hydroxylation is 1. The van der Waals surface area contributed by atoms with E-state index >= 15 is 0 Å². The number of furan rings is 1. The highest BCUT2D eigenvalue weighted by Gasteiger charge is 2.58. The van der Waals surface area contributed by atoms with Crippen molar-refractivity contribution >= 4 is 5.97 Å². The highest BCUT2D eigenvalue weighted by atomic mass is 16.5. The molecule has 0 spiro atoms. The van der Waals surface area contributed by atoms with Crippen LogP contribution in [0.5, 0.6) is 0 Å². The highest BCUT2D eigenvalue weighted by molar-refractivity contribution is 5.90. The van der Waals surface area contributed by atoms with E-state index in [1.807, 2.05) is 0 Å². The number of carbonyl (C=O) groups excluding carboxylic acids is 1. The minimum Gasteiger partial charge on any atom is -0.465 e. The molecule has 0 unspecified atom stereocenters. The summed E-state index contributed by atoms with van der Waals surface area (Å²) in [4.78, 5) is 11.4. The van der Waals surface area contributed by atoms with Crippen LogP contribution in [0.25, 0.3) is 0 Å². The van der Waals surface area contributed by atoms with Gasteiger partial charge >= 0.3 is 5.97 Å². The van der Waals surface area contributed by atoms with Crippen LogP contribution in [0, 0.1) is 12.3 Å². The third-order valence-corrected chi connectivity index (χ3v) is 3.56. The van der Waals surface area contributed by atoms with Gasteiger partial charge in [-0.1, -0.05) is 13.8 Å². The van der Waals surface area contributed by atoms with Gasteiger partial charge in [0.1, 0.15) is 17.1 Å². The van der Waals surface area contributed by atoms with Gasteiger partial charge in [0.15, 0.2) is 0 Å². The summed E-state index contributed by atoms with van der Waals surface area (Å²) in [6.45, 7) is 5.95. The Bertz CT molecular complexity index is 433. The fourth-order valence-electron chi connectivity index (χ4n) is 2.19. The molecule has 1 heterocycles. The number of rotatable bonds is 2. The average molecular weight is 223 g/mol. The second kappa shape index (κ2) is 3.35. The molecule has 0 amide bonds. The molecule has 2 atom stereocenters. The van der Waals surface area contributed by atoms with Crippen LogP contribution >= 0.6 is 0 Å². The fraction of sp³-hybridized carbons (Fsp3) is 0.583. The van der Waals surface area contributed by atoms with Gasteiger partial charge in [0.2, 0.25) is 0 Å². The third-order valence-electron chi connectivity index (χ3n) is 3.56. The van der Waals surface area contributed by atoms with Gasteiger partial charge in [-0.05, 0) is 18.4 Å². The Kier molecular flexibility index (Phi) is 2.35. The van der Waals surface area contributed by atoms with Crippen molar-refractivity contribution < 1.29 is 13.9 Å². The van der Waals surface area contributed by atoms with Gasteiger partial charge in [0.05, 0.1) is 7.11 Å². The van der Waals surface area contributed by atoms with Crippen LogP contribution in [0.2, 0.25) is 0 Å². The van der Waals surface area contributed by atoms with Gasteiger partial charge in [-0.3, -0.25) is 0 Å². The van der Waals surface area contributed by atoms with Crippen molar-refractivity contribution in [2.45, 2.75) is 32.7 Å². The molecule has 1 aliphatic rings. The zero-order chi connectivity index (χ0) is 12.1. The molecule has 0 aliphatic heterocycles. The molecule has 0 radical (unpaired) electrons. The van der Waals surface area contributed by atoms with E-state index in [-0.39, 0.29) is 23.3 Å². The molecule has 0 bridgehead atoms.